The maximum absolute atomic E-state index is 14.5. The van der Waals surface area contributed by atoms with Crippen molar-refractivity contribution in [2.75, 3.05) is 5.32 Å². The molecule has 1 aliphatic carbocycles. The van der Waals surface area contributed by atoms with Crippen LogP contribution in [0.5, 0.6) is 0 Å². The lowest BCUT2D eigenvalue weighted by Crippen LogP contribution is -2.35. The van der Waals surface area contributed by atoms with Crippen LogP contribution in [0.2, 0.25) is 0 Å². The van der Waals surface area contributed by atoms with E-state index in [1.54, 1.807) is 12.1 Å². The van der Waals surface area contributed by atoms with Crippen molar-refractivity contribution in [2.45, 2.75) is 38.8 Å². The van der Waals surface area contributed by atoms with Crippen molar-refractivity contribution in [1.82, 2.24) is 5.48 Å². The van der Waals surface area contributed by atoms with Crippen LogP contribution in [0, 0.1) is 17.7 Å². The third kappa shape index (κ3) is 4.50. The number of hydrogen-bond acceptors (Lipinski definition) is 5. The molecule has 0 spiro atoms. The molecule has 29 heavy (non-hydrogen) atoms. The van der Waals surface area contributed by atoms with Crippen LogP contribution in [-0.4, -0.2) is 18.1 Å². The molecule has 2 unspecified atom stereocenters. The second-order valence-corrected chi connectivity index (χ2v) is 7.73. The van der Waals surface area contributed by atoms with Gasteiger partial charge < -0.3 is 14.9 Å². The molecule has 0 radical (unpaired) electrons. The molecule has 0 bridgehead atoms. The Kier molecular flexibility index (Phi) is 5.38. The number of benzene rings is 2. The van der Waals surface area contributed by atoms with Gasteiger partial charge in [0.2, 0.25) is 0 Å². The van der Waals surface area contributed by atoms with Crippen LogP contribution in [0.25, 0.3) is 0 Å². The first-order chi connectivity index (χ1) is 14.0. The lowest BCUT2D eigenvalue weighted by Gasteiger charge is -2.33. The molecule has 4 rings (SSSR count). The van der Waals surface area contributed by atoms with Gasteiger partial charge in [-0.05, 0) is 54.4 Å². The van der Waals surface area contributed by atoms with E-state index in [4.69, 9.17) is 9.57 Å². The number of carbonyl (C=O) groups excluding carboxylic acids is 2. The topological polar surface area (TPSA) is 76.7 Å². The van der Waals surface area contributed by atoms with Crippen LogP contribution in [-0.2, 0) is 22.6 Å². The zero-order chi connectivity index (χ0) is 20.4. The summed E-state index contributed by atoms with van der Waals surface area (Å²) >= 11 is 0. The monoisotopic (exact) mass is 398 g/mol. The highest BCUT2D eigenvalue weighted by Gasteiger charge is 2.38. The number of ether oxygens (including phenoxy) is 1. The predicted molar refractivity (Wildman–Crippen MR) is 105 cm³/mol. The fraction of sp³-hybridized carbons (Fsp3) is 0.364. The first-order valence-corrected chi connectivity index (χ1v) is 9.78. The Hall–Kier alpha value is -3.09. The Morgan fingerprint density at radius 1 is 1.21 bits per heavy atom. The van der Waals surface area contributed by atoms with Crippen molar-refractivity contribution in [3.63, 3.8) is 0 Å². The van der Waals surface area contributed by atoms with Crippen molar-refractivity contribution < 1.29 is 23.6 Å². The highest BCUT2D eigenvalue weighted by molar-refractivity contribution is 5.91. The molecule has 1 fully saturated rings. The first-order valence-electron chi connectivity index (χ1n) is 9.78. The Labute approximate surface area is 168 Å². The number of amides is 1. The molecule has 152 valence electrons. The Morgan fingerprint density at radius 2 is 1.97 bits per heavy atom. The van der Waals surface area contributed by atoms with Crippen LogP contribution in [0.15, 0.2) is 42.5 Å². The van der Waals surface area contributed by atoms with Crippen molar-refractivity contribution in [3.05, 3.63) is 65.0 Å². The lowest BCUT2D eigenvalue weighted by atomic mass is 9.85. The van der Waals surface area contributed by atoms with E-state index in [1.807, 2.05) is 23.7 Å². The molecule has 1 amide bonds. The molecule has 2 aliphatic rings. The standard InChI is InChI=1S/C22H23FN2O4/c1-13-9-16-10-17(18(23)11-19(16)24-20(13)15-7-8-15)21(26)29-25-22(27)28-12-14-5-3-2-4-6-14/h2-6,10-11,13,15,20,24H,7-9,12H2,1H3,(H,25,27). The summed E-state index contributed by atoms with van der Waals surface area (Å²) in [5.74, 6) is -0.615. The molecular formula is C22H23FN2O4. The number of nitrogens with one attached hydrogen (secondary N) is 2. The summed E-state index contributed by atoms with van der Waals surface area (Å²) in [6.07, 6.45) is 2.24. The van der Waals surface area contributed by atoms with E-state index in [-0.39, 0.29) is 12.2 Å². The highest BCUT2D eigenvalue weighted by atomic mass is 19.1. The smallest absolute Gasteiger partial charge is 0.441 e. The van der Waals surface area contributed by atoms with E-state index in [0.29, 0.717) is 17.9 Å². The van der Waals surface area contributed by atoms with Gasteiger partial charge >= 0.3 is 12.1 Å². The summed E-state index contributed by atoms with van der Waals surface area (Å²) in [4.78, 5) is 28.7. The summed E-state index contributed by atoms with van der Waals surface area (Å²) in [6, 6.07) is 12.3. The van der Waals surface area contributed by atoms with Gasteiger partial charge in [-0.25, -0.2) is 14.0 Å². The number of anilines is 1. The van der Waals surface area contributed by atoms with Gasteiger partial charge in [0.25, 0.3) is 0 Å². The van der Waals surface area contributed by atoms with E-state index in [2.05, 4.69) is 12.2 Å². The molecular weight excluding hydrogens is 375 g/mol. The summed E-state index contributed by atoms with van der Waals surface area (Å²) < 4.78 is 19.4. The van der Waals surface area contributed by atoms with Gasteiger partial charge in [-0.3, -0.25) is 0 Å². The average Bonchev–Trinajstić information content (AvgIpc) is 3.56. The van der Waals surface area contributed by atoms with Crippen LogP contribution in [0.1, 0.15) is 41.3 Å². The predicted octanol–water partition coefficient (Wildman–Crippen LogP) is 4.21. The van der Waals surface area contributed by atoms with E-state index >= 15 is 0 Å². The normalized spacial score (nSPS) is 20.2. The molecule has 0 aromatic heterocycles. The van der Waals surface area contributed by atoms with Crippen molar-refractivity contribution >= 4 is 17.7 Å². The Balaban J connectivity index is 1.35. The quantitative estimate of drug-likeness (QED) is 0.755. The third-order valence-electron chi connectivity index (χ3n) is 5.46. The van der Waals surface area contributed by atoms with Gasteiger partial charge in [-0.2, -0.15) is 0 Å². The fourth-order valence-corrected chi connectivity index (χ4v) is 3.81. The third-order valence-corrected chi connectivity index (χ3v) is 5.46. The lowest BCUT2D eigenvalue weighted by molar-refractivity contribution is 0.0192. The largest absolute Gasteiger partial charge is 0.443 e. The SMILES string of the molecule is CC1Cc2cc(C(=O)ONC(=O)OCc3ccccc3)c(F)cc2NC1C1CC1. The second-order valence-electron chi connectivity index (χ2n) is 7.73. The Bertz CT molecular complexity index is 915. The molecule has 2 aromatic rings. The molecule has 1 saturated carbocycles. The highest BCUT2D eigenvalue weighted by Crippen LogP contribution is 2.42. The van der Waals surface area contributed by atoms with Gasteiger partial charge in [0.1, 0.15) is 12.4 Å². The van der Waals surface area contributed by atoms with E-state index in [9.17, 15) is 14.0 Å². The second kappa shape index (κ2) is 8.11. The minimum Gasteiger partial charge on any atom is -0.443 e. The minimum atomic E-state index is -0.973. The van der Waals surface area contributed by atoms with Gasteiger partial charge in [0.05, 0.1) is 5.56 Å². The molecule has 0 saturated heterocycles. The zero-order valence-electron chi connectivity index (χ0n) is 16.1. The maximum Gasteiger partial charge on any atom is 0.441 e. The molecule has 6 nitrogen and oxygen atoms in total. The van der Waals surface area contributed by atoms with E-state index in [0.717, 1.165) is 23.2 Å². The number of hydrogen-bond donors (Lipinski definition) is 2. The van der Waals surface area contributed by atoms with Crippen molar-refractivity contribution in [3.8, 4) is 0 Å². The summed E-state index contributed by atoms with van der Waals surface area (Å²) in [7, 11) is 0. The van der Waals surface area contributed by atoms with E-state index < -0.39 is 17.9 Å². The van der Waals surface area contributed by atoms with Gasteiger partial charge in [-0.15, -0.1) is 5.48 Å². The molecule has 2 N–H and O–H groups in total. The summed E-state index contributed by atoms with van der Waals surface area (Å²) in [6.45, 7) is 2.19. The number of fused-ring (bicyclic) bond motifs is 1. The van der Waals surface area contributed by atoms with Crippen LogP contribution < -0.4 is 10.8 Å². The van der Waals surface area contributed by atoms with Crippen LogP contribution in [0.4, 0.5) is 14.9 Å². The average molecular weight is 398 g/mol. The number of rotatable bonds is 4. The fourth-order valence-electron chi connectivity index (χ4n) is 3.81. The minimum absolute atomic E-state index is 0.0309. The summed E-state index contributed by atoms with van der Waals surface area (Å²) in [5, 5.41) is 3.42. The molecule has 7 heteroatoms. The van der Waals surface area contributed by atoms with Gasteiger partial charge in [-0.1, -0.05) is 37.3 Å². The van der Waals surface area contributed by atoms with E-state index in [1.165, 1.54) is 25.0 Å². The first kappa shape index (κ1) is 19.2. The maximum atomic E-state index is 14.5. The van der Waals surface area contributed by atoms with Crippen molar-refractivity contribution in [1.29, 1.82) is 0 Å². The summed E-state index contributed by atoms with van der Waals surface area (Å²) in [5.41, 5.74) is 4.08. The van der Waals surface area contributed by atoms with Crippen molar-refractivity contribution in [2.24, 2.45) is 11.8 Å². The number of hydroxylamine groups is 1. The van der Waals surface area contributed by atoms with Gasteiger partial charge in [0, 0.05) is 11.7 Å². The van der Waals surface area contributed by atoms with Gasteiger partial charge in [0.15, 0.2) is 0 Å². The van der Waals surface area contributed by atoms with Crippen LogP contribution >= 0.6 is 0 Å². The van der Waals surface area contributed by atoms with Crippen LogP contribution in [0.3, 0.4) is 0 Å². The Morgan fingerprint density at radius 3 is 2.69 bits per heavy atom. The zero-order valence-corrected chi connectivity index (χ0v) is 16.1. The molecule has 1 heterocycles. The molecule has 2 aromatic carbocycles. The number of carbonyl (C=O) groups is 2. The molecule has 2 atom stereocenters. The molecule has 1 aliphatic heterocycles. The number of halogens is 1.